The number of benzene rings is 2. The van der Waals surface area contributed by atoms with Gasteiger partial charge in [-0.2, -0.15) is 17.5 Å². The number of nitrogens with zero attached hydrogens (tertiary/aromatic N) is 1. The van der Waals surface area contributed by atoms with Crippen LogP contribution in [0.25, 0.3) is 0 Å². The molecule has 11 heteroatoms. The molecular formula is C27H29ClF3NO5S. The van der Waals surface area contributed by atoms with E-state index in [1.807, 2.05) is 18.2 Å². The van der Waals surface area contributed by atoms with Crippen LogP contribution < -0.4 is 4.74 Å². The fraction of sp³-hybridized carbons (Fsp3) is 0.519. The molecule has 0 radical (unpaired) electrons. The number of aliphatic carboxylic acids is 1. The van der Waals surface area contributed by atoms with E-state index in [2.05, 4.69) is 0 Å². The second kappa shape index (κ2) is 9.71. The number of hydrogen-bond donors (Lipinski definition) is 1. The molecule has 5 rings (SSSR count). The van der Waals surface area contributed by atoms with Crippen molar-refractivity contribution in [1.82, 2.24) is 4.31 Å². The number of carbonyl (C=O) groups is 1. The summed E-state index contributed by atoms with van der Waals surface area (Å²) in [5.74, 6) is -0.397. The highest BCUT2D eigenvalue weighted by molar-refractivity contribution is 7.89. The molecule has 2 fully saturated rings. The average Bonchev–Trinajstić information content (AvgIpc) is 3.69. The van der Waals surface area contributed by atoms with Gasteiger partial charge in [-0.05, 0) is 72.9 Å². The van der Waals surface area contributed by atoms with Gasteiger partial charge in [-0.1, -0.05) is 30.7 Å². The van der Waals surface area contributed by atoms with Crippen LogP contribution in [0.15, 0.2) is 41.3 Å². The van der Waals surface area contributed by atoms with Crippen molar-refractivity contribution in [2.24, 2.45) is 11.8 Å². The lowest BCUT2D eigenvalue weighted by Crippen LogP contribution is -2.51. The standard InChI is InChI=1S/C27H29ClF3NO5S/c1-16(25(33)34)24(18-3-4-18)19-5-2-17-8-9-26(37-22(17)14-19)10-12-32(13-11-26)38(35,36)23-15-20(27(29,30)31)6-7-21(23)28/h2,5-7,14-16,18,24H,3-4,8-13H2,1H3,(H,33,34). The number of carboxylic acid groups (broad SMARTS) is 1. The summed E-state index contributed by atoms with van der Waals surface area (Å²) in [4.78, 5) is 11.2. The van der Waals surface area contributed by atoms with Crippen LogP contribution >= 0.6 is 11.6 Å². The van der Waals surface area contributed by atoms with Crippen LogP contribution in [0.3, 0.4) is 0 Å². The summed E-state index contributed by atoms with van der Waals surface area (Å²) in [6.07, 6.45) is -0.494. The second-order valence-electron chi connectivity index (χ2n) is 10.7. The average molecular weight is 572 g/mol. The van der Waals surface area contributed by atoms with Crippen molar-refractivity contribution in [1.29, 1.82) is 0 Å². The molecule has 2 aromatic rings. The van der Waals surface area contributed by atoms with Gasteiger partial charge in [0, 0.05) is 25.9 Å². The van der Waals surface area contributed by atoms with Crippen molar-refractivity contribution in [3.8, 4) is 5.75 Å². The molecule has 2 aromatic carbocycles. The zero-order valence-electron chi connectivity index (χ0n) is 20.8. The molecule has 38 heavy (non-hydrogen) atoms. The van der Waals surface area contributed by atoms with Crippen LogP contribution in [-0.4, -0.2) is 42.5 Å². The topological polar surface area (TPSA) is 83.9 Å². The van der Waals surface area contributed by atoms with Gasteiger partial charge in [0.1, 0.15) is 16.2 Å². The van der Waals surface area contributed by atoms with Crippen LogP contribution in [0.1, 0.15) is 61.6 Å². The summed E-state index contributed by atoms with van der Waals surface area (Å²) < 4.78 is 73.8. The Morgan fingerprint density at radius 1 is 1.13 bits per heavy atom. The number of alkyl halides is 3. The first kappa shape index (κ1) is 27.3. The summed E-state index contributed by atoms with van der Waals surface area (Å²) in [5, 5.41) is 9.37. The Balaban J connectivity index is 1.34. The highest BCUT2D eigenvalue weighted by Gasteiger charge is 2.44. The molecule has 206 valence electrons. The lowest BCUT2D eigenvalue weighted by Gasteiger charge is -2.44. The maximum absolute atomic E-state index is 13.3. The molecule has 0 aromatic heterocycles. The second-order valence-corrected chi connectivity index (χ2v) is 13.0. The number of hydrogen-bond acceptors (Lipinski definition) is 4. The quantitative estimate of drug-likeness (QED) is 0.451. The van der Waals surface area contributed by atoms with Gasteiger partial charge < -0.3 is 9.84 Å². The van der Waals surface area contributed by atoms with Gasteiger partial charge in [-0.3, -0.25) is 4.79 Å². The van der Waals surface area contributed by atoms with E-state index in [4.69, 9.17) is 16.3 Å². The molecule has 0 amide bonds. The van der Waals surface area contributed by atoms with Crippen molar-refractivity contribution in [3.63, 3.8) is 0 Å². The summed E-state index contributed by atoms with van der Waals surface area (Å²) in [6, 6.07) is 8.25. The van der Waals surface area contributed by atoms with E-state index in [1.54, 1.807) is 6.92 Å². The number of carboxylic acids is 1. The number of fused-ring (bicyclic) bond motifs is 1. The highest BCUT2D eigenvalue weighted by Crippen LogP contribution is 2.49. The van der Waals surface area contributed by atoms with Gasteiger partial charge >= 0.3 is 12.1 Å². The molecule has 2 atom stereocenters. The smallest absolute Gasteiger partial charge is 0.416 e. The molecule has 1 spiro atoms. The minimum absolute atomic E-state index is 0.0880. The third kappa shape index (κ3) is 5.14. The van der Waals surface area contributed by atoms with Gasteiger partial charge in [-0.25, -0.2) is 8.42 Å². The molecule has 1 aliphatic carbocycles. The van der Waals surface area contributed by atoms with Crippen molar-refractivity contribution >= 4 is 27.6 Å². The monoisotopic (exact) mass is 571 g/mol. The van der Waals surface area contributed by atoms with Crippen LogP contribution in [0, 0.1) is 11.8 Å². The molecule has 0 bridgehead atoms. The Bertz CT molecular complexity index is 1350. The van der Waals surface area contributed by atoms with Crippen molar-refractivity contribution in [3.05, 3.63) is 58.1 Å². The first-order chi connectivity index (χ1) is 17.8. The minimum atomic E-state index is -4.69. The zero-order chi connectivity index (χ0) is 27.5. The summed E-state index contributed by atoms with van der Waals surface area (Å²) in [5.41, 5.74) is 0.307. The fourth-order valence-corrected chi connectivity index (χ4v) is 7.75. The van der Waals surface area contributed by atoms with Crippen molar-refractivity contribution in [2.45, 2.75) is 68.0 Å². The molecule has 2 heterocycles. The Labute approximate surface area is 224 Å². The van der Waals surface area contributed by atoms with Crippen molar-refractivity contribution in [2.75, 3.05) is 13.1 Å². The molecule has 2 aliphatic heterocycles. The minimum Gasteiger partial charge on any atom is -0.487 e. The molecular weight excluding hydrogens is 543 g/mol. The summed E-state index contributed by atoms with van der Waals surface area (Å²) in [6.45, 7) is 1.91. The Hall–Kier alpha value is -2.30. The van der Waals surface area contributed by atoms with Gasteiger partial charge in [0.05, 0.1) is 16.5 Å². The highest BCUT2D eigenvalue weighted by atomic mass is 35.5. The third-order valence-electron chi connectivity index (χ3n) is 8.22. The van der Waals surface area contributed by atoms with Crippen LogP contribution in [0.5, 0.6) is 5.75 Å². The molecule has 3 aliphatic rings. The van der Waals surface area contributed by atoms with E-state index >= 15 is 0 Å². The molecule has 1 saturated carbocycles. The van der Waals surface area contributed by atoms with E-state index in [0.717, 1.165) is 42.5 Å². The number of aryl methyl sites for hydroxylation is 1. The predicted molar refractivity (Wildman–Crippen MR) is 135 cm³/mol. The SMILES string of the molecule is CC(C(=O)O)C(c1ccc2c(c1)OC1(CC2)CCN(S(=O)(=O)c2cc(C(F)(F)F)ccc2Cl)CC1)C1CC1. The van der Waals surface area contributed by atoms with E-state index in [0.29, 0.717) is 37.0 Å². The van der Waals surface area contributed by atoms with Gasteiger partial charge in [0.2, 0.25) is 10.0 Å². The molecule has 1 N–H and O–H groups in total. The van der Waals surface area contributed by atoms with Gasteiger partial charge in [0.25, 0.3) is 0 Å². The van der Waals surface area contributed by atoms with Gasteiger partial charge in [0.15, 0.2) is 0 Å². The Morgan fingerprint density at radius 2 is 1.82 bits per heavy atom. The van der Waals surface area contributed by atoms with Crippen LogP contribution in [0.2, 0.25) is 5.02 Å². The van der Waals surface area contributed by atoms with Crippen molar-refractivity contribution < 1.29 is 36.2 Å². The summed E-state index contributed by atoms with van der Waals surface area (Å²) in [7, 11) is -4.24. The first-order valence-electron chi connectivity index (χ1n) is 12.7. The summed E-state index contributed by atoms with van der Waals surface area (Å²) >= 11 is 6.02. The number of sulfonamides is 1. The molecule has 2 unspecified atom stereocenters. The fourth-order valence-electron chi connectivity index (χ4n) is 5.81. The number of rotatable bonds is 6. The maximum Gasteiger partial charge on any atom is 0.416 e. The Kier molecular flexibility index (Phi) is 6.97. The van der Waals surface area contributed by atoms with Crippen LogP contribution in [-0.2, 0) is 27.4 Å². The molecule has 6 nitrogen and oxygen atoms in total. The van der Waals surface area contributed by atoms with E-state index in [9.17, 15) is 31.5 Å². The Morgan fingerprint density at radius 3 is 2.42 bits per heavy atom. The maximum atomic E-state index is 13.3. The lowest BCUT2D eigenvalue weighted by molar-refractivity contribution is -0.142. The normalized spacial score (nSPS) is 21.4. The van der Waals surface area contributed by atoms with E-state index in [1.165, 1.54) is 4.31 Å². The van der Waals surface area contributed by atoms with Crippen LogP contribution in [0.4, 0.5) is 13.2 Å². The molecule has 1 saturated heterocycles. The van der Waals surface area contributed by atoms with Gasteiger partial charge in [-0.15, -0.1) is 0 Å². The zero-order valence-corrected chi connectivity index (χ0v) is 22.4. The lowest BCUT2D eigenvalue weighted by atomic mass is 9.80. The number of halogens is 4. The van der Waals surface area contributed by atoms with E-state index < -0.39 is 44.1 Å². The predicted octanol–water partition coefficient (Wildman–Crippen LogP) is 6.12. The largest absolute Gasteiger partial charge is 0.487 e. The number of piperidine rings is 1. The first-order valence-corrected chi connectivity index (χ1v) is 14.5. The van der Waals surface area contributed by atoms with E-state index in [-0.39, 0.29) is 24.0 Å². The third-order valence-corrected chi connectivity index (χ3v) is 10.6. The number of ether oxygens (including phenoxy) is 1.